The van der Waals surface area contributed by atoms with Crippen LogP contribution in [0.5, 0.6) is 5.75 Å². The van der Waals surface area contributed by atoms with Crippen LogP contribution in [-0.4, -0.2) is 54.3 Å². The van der Waals surface area contributed by atoms with Gasteiger partial charge in [-0.05, 0) is 38.4 Å². The van der Waals surface area contributed by atoms with Gasteiger partial charge in [-0.3, -0.25) is 4.90 Å². The van der Waals surface area contributed by atoms with Gasteiger partial charge in [0, 0.05) is 32.7 Å². The van der Waals surface area contributed by atoms with E-state index < -0.39 is 0 Å². The van der Waals surface area contributed by atoms with Gasteiger partial charge < -0.3 is 14.2 Å². The van der Waals surface area contributed by atoms with Crippen molar-refractivity contribution in [3.63, 3.8) is 0 Å². The third-order valence-electron chi connectivity index (χ3n) is 4.96. The van der Waals surface area contributed by atoms with Crippen molar-refractivity contribution in [1.82, 2.24) is 14.5 Å². The van der Waals surface area contributed by atoms with E-state index in [1.165, 1.54) is 5.69 Å². The summed E-state index contributed by atoms with van der Waals surface area (Å²) < 4.78 is 7.47. The second-order valence-corrected chi connectivity index (χ2v) is 7.32. The molecule has 2 heterocycles. The molecule has 0 amide bonds. The van der Waals surface area contributed by atoms with E-state index in [4.69, 9.17) is 27.9 Å². The SMILES string of the molecule is COc1ccccc1N1CCN(CCCCn2c(C)nc(Cl)c2Cl)CC1. The lowest BCUT2D eigenvalue weighted by Crippen LogP contribution is -2.46. The van der Waals surface area contributed by atoms with Crippen molar-refractivity contribution in [2.24, 2.45) is 0 Å². The molecule has 26 heavy (non-hydrogen) atoms. The molecule has 0 N–H and O–H groups in total. The van der Waals surface area contributed by atoms with E-state index in [0.717, 1.165) is 63.7 Å². The first kappa shape index (κ1) is 19.3. The highest BCUT2D eigenvalue weighted by atomic mass is 35.5. The Labute approximate surface area is 165 Å². The Hall–Kier alpha value is -1.43. The number of hydrogen-bond acceptors (Lipinski definition) is 4. The van der Waals surface area contributed by atoms with Gasteiger partial charge in [0.2, 0.25) is 0 Å². The molecule has 1 aliphatic heterocycles. The van der Waals surface area contributed by atoms with E-state index in [9.17, 15) is 0 Å². The van der Waals surface area contributed by atoms with Crippen LogP contribution in [0.25, 0.3) is 0 Å². The Kier molecular flexibility index (Phi) is 6.68. The molecule has 1 aliphatic rings. The normalized spacial score (nSPS) is 15.5. The van der Waals surface area contributed by atoms with Crippen molar-refractivity contribution in [2.75, 3.05) is 44.7 Å². The molecule has 142 valence electrons. The van der Waals surface area contributed by atoms with Gasteiger partial charge in [0.05, 0.1) is 12.8 Å². The molecule has 7 heteroatoms. The predicted molar refractivity (Wildman–Crippen MR) is 108 cm³/mol. The average Bonchev–Trinajstić information content (AvgIpc) is 2.91. The van der Waals surface area contributed by atoms with Crippen LogP contribution in [0.3, 0.4) is 0 Å². The zero-order valence-corrected chi connectivity index (χ0v) is 16.9. The zero-order valence-electron chi connectivity index (χ0n) is 15.4. The smallest absolute Gasteiger partial charge is 0.166 e. The lowest BCUT2D eigenvalue weighted by Gasteiger charge is -2.36. The Bertz CT molecular complexity index is 726. The Morgan fingerprint density at radius 2 is 1.73 bits per heavy atom. The van der Waals surface area contributed by atoms with Gasteiger partial charge in [-0.2, -0.15) is 0 Å². The van der Waals surface area contributed by atoms with Crippen LogP contribution in [0.2, 0.25) is 10.3 Å². The maximum absolute atomic E-state index is 6.18. The minimum absolute atomic E-state index is 0.400. The molecule has 1 saturated heterocycles. The van der Waals surface area contributed by atoms with Crippen LogP contribution >= 0.6 is 23.2 Å². The number of aryl methyl sites for hydroxylation is 1. The third-order valence-corrected chi connectivity index (χ3v) is 5.71. The van der Waals surface area contributed by atoms with Crippen molar-refractivity contribution < 1.29 is 4.74 Å². The van der Waals surface area contributed by atoms with Crippen molar-refractivity contribution in [3.8, 4) is 5.75 Å². The molecule has 1 fully saturated rings. The van der Waals surface area contributed by atoms with Gasteiger partial charge >= 0.3 is 0 Å². The van der Waals surface area contributed by atoms with Gasteiger partial charge in [0.1, 0.15) is 16.7 Å². The van der Waals surface area contributed by atoms with Crippen LogP contribution in [-0.2, 0) is 6.54 Å². The maximum atomic E-state index is 6.18. The summed E-state index contributed by atoms with van der Waals surface area (Å²) in [6.45, 7) is 8.13. The topological polar surface area (TPSA) is 33.5 Å². The van der Waals surface area contributed by atoms with Crippen LogP contribution in [0, 0.1) is 6.92 Å². The average molecular weight is 397 g/mol. The quantitative estimate of drug-likeness (QED) is 0.659. The minimum Gasteiger partial charge on any atom is -0.495 e. The van der Waals surface area contributed by atoms with E-state index >= 15 is 0 Å². The summed E-state index contributed by atoms with van der Waals surface area (Å²) in [5.41, 5.74) is 1.19. The van der Waals surface area contributed by atoms with Crippen molar-refractivity contribution >= 4 is 28.9 Å². The number of para-hydroxylation sites is 2. The highest BCUT2D eigenvalue weighted by Gasteiger charge is 2.19. The number of imidazole rings is 1. The molecule has 0 bridgehead atoms. The molecule has 0 unspecified atom stereocenters. The van der Waals surface area contributed by atoms with E-state index in [1.54, 1.807) is 7.11 Å². The van der Waals surface area contributed by atoms with Crippen LogP contribution in [0.1, 0.15) is 18.7 Å². The van der Waals surface area contributed by atoms with Crippen LogP contribution in [0.15, 0.2) is 24.3 Å². The fourth-order valence-electron chi connectivity index (χ4n) is 3.47. The summed E-state index contributed by atoms with van der Waals surface area (Å²) in [6.07, 6.45) is 2.21. The molecule has 0 radical (unpaired) electrons. The Balaban J connectivity index is 1.42. The fraction of sp³-hybridized carbons (Fsp3) is 0.526. The predicted octanol–water partition coefficient (Wildman–Crippen LogP) is 4.11. The second-order valence-electron chi connectivity index (χ2n) is 6.60. The summed E-state index contributed by atoms with van der Waals surface area (Å²) in [5, 5.41) is 0.950. The van der Waals surface area contributed by atoms with Gasteiger partial charge in [-0.1, -0.05) is 35.3 Å². The van der Waals surface area contributed by atoms with Gasteiger partial charge in [0.15, 0.2) is 5.15 Å². The molecular weight excluding hydrogens is 371 g/mol. The number of hydrogen-bond donors (Lipinski definition) is 0. The molecule has 2 aromatic rings. The first-order valence-corrected chi connectivity index (χ1v) is 9.84. The highest BCUT2D eigenvalue weighted by molar-refractivity contribution is 6.40. The number of anilines is 1. The summed E-state index contributed by atoms with van der Waals surface area (Å²) in [7, 11) is 1.73. The van der Waals surface area contributed by atoms with E-state index in [1.807, 2.05) is 23.6 Å². The molecule has 0 aliphatic carbocycles. The maximum Gasteiger partial charge on any atom is 0.166 e. The molecule has 1 aromatic heterocycles. The van der Waals surface area contributed by atoms with E-state index in [0.29, 0.717) is 10.3 Å². The molecule has 0 spiro atoms. The number of halogens is 2. The molecule has 3 rings (SSSR count). The highest BCUT2D eigenvalue weighted by Crippen LogP contribution is 2.28. The molecule has 0 saturated carbocycles. The standard InChI is InChI=1S/C19H26Cl2N4O/c1-15-22-18(20)19(21)25(15)10-6-5-9-23-11-13-24(14-12-23)16-7-3-4-8-17(16)26-2/h3-4,7-8H,5-6,9-14H2,1-2H3. The van der Waals surface area contributed by atoms with Crippen LogP contribution < -0.4 is 9.64 Å². The summed E-state index contributed by atoms with van der Waals surface area (Å²) in [5.74, 6) is 1.83. The summed E-state index contributed by atoms with van der Waals surface area (Å²) >= 11 is 12.2. The first-order valence-electron chi connectivity index (χ1n) is 9.08. The number of unbranched alkanes of at least 4 members (excludes halogenated alkanes) is 1. The Morgan fingerprint density at radius 3 is 2.38 bits per heavy atom. The number of nitrogens with zero attached hydrogens (tertiary/aromatic N) is 4. The fourth-order valence-corrected chi connectivity index (χ4v) is 3.94. The molecule has 5 nitrogen and oxygen atoms in total. The van der Waals surface area contributed by atoms with Crippen LogP contribution in [0.4, 0.5) is 5.69 Å². The number of ether oxygens (including phenoxy) is 1. The minimum atomic E-state index is 0.400. The number of methoxy groups -OCH3 is 1. The lowest BCUT2D eigenvalue weighted by molar-refractivity contribution is 0.250. The summed E-state index contributed by atoms with van der Waals surface area (Å²) in [4.78, 5) is 9.14. The van der Waals surface area contributed by atoms with Gasteiger partial charge in [-0.15, -0.1) is 0 Å². The first-order chi connectivity index (χ1) is 12.6. The number of piperazine rings is 1. The van der Waals surface area contributed by atoms with Gasteiger partial charge in [-0.25, -0.2) is 4.98 Å². The number of benzene rings is 1. The second kappa shape index (κ2) is 8.98. The molecule has 0 atom stereocenters. The molecule has 1 aromatic carbocycles. The van der Waals surface area contributed by atoms with E-state index in [2.05, 4.69) is 26.9 Å². The van der Waals surface area contributed by atoms with Crippen molar-refractivity contribution in [2.45, 2.75) is 26.3 Å². The van der Waals surface area contributed by atoms with Crippen molar-refractivity contribution in [3.05, 3.63) is 40.4 Å². The summed E-state index contributed by atoms with van der Waals surface area (Å²) in [6, 6.07) is 8.24. The number of aromatic nitrogens is 2. The molecular formula is C19H26Cl2N4O. The number of rotatable bonds is 7. The Morgan fingerprint density at radius 1 is 1.04 bits per heavy atom. The monoisotopic (exact) mass is 396 g/mol. The lowest BCUT2D eigenvalue weighted by atomic mass is 10.2. The third kappa shape index (κ3) is 4.45. The van der Waals surface area contributed by atoms with Crippen molar-refractivity contribution in [1.29, 1.82) is 0 Å². The largest absolute Gasteiger partial charge is 0.495 e. The van der Waals surface area contributed by atoms with E-state index in [-0.39, 0.29) is 0 Å². The van der Waals surface area contributed by atoms with Gasteiger partial charge in [0.25, 0.3) is 0 Å². The zero-order chi connectivity index (χ0) is 18.5.